The highest BCUT2D eigenvalue weighted by Gasteiger charge is 2.26. The second-order valence-corrected chi connectivity index (χ2v) is 4.09. The van der Waals surface area contributed by atoms with Gasteiger partial charge in [-0.1, -0.05) is 0 Å². The Morgan fingerprint density at radius 3 is 2.60 bits per heavy atom. The van der Waals surface area contributed by atoms with Crippen LogP contribution in [-0.4, -0.2) is 37.1 Å². The predicted molar refractivity (Wildman–Crippen MR) is 53.1 cm³/mol. The molecular formula is C10H16N2O3. The highest BCUT2D eigenvalue weighted by molar-refractivity contribution is 6.35. The van der Waals surface area contributed by atoms with Crippen LogP contribution in [0.2, 0.25) is 0 Å². The second-order valence-electron chi connectivity index (χ2n) is 4.09. The minimum atomic E-state index is -0.544. The molecule has 0 aromatic rings. The van der Waals surface area contributed by atoms with E-state index in [1.54, 1.807) is 0 Å². The lowest BCUT2D eigenvalue weighted by atomic mass is 10.2. The van der Waals surface area contributed by atoms with Crippen LogP contribution in [0.15, 0.2) is 0 Å². The normalized spacial score (nSPS) is 24.9. The molecule has 15 heavy (non-hydrogen) atoms. The molecule has 0 aromatic carbocycles. The summed E-state index contributed by atoms with van der Waals surface area (Å²) in [6, 6.07) is 0.228. The molecule has 0 radical (unpaired) electrons. The third-order valence-corrected chi connectivity index (χ3v) is 2.63. The van der Waals surface area contributed by atoms with Gasteiger partial charge in [-0.3, -0.25) is 9.59 Å². The number of amides is 2. The average molecular weight is 212 g/mol. The summed E-state index contributed by atoms with van der Waals surface area (Å²) in [4.78, 5) is 22.5. The van der Waals surface area contributed by atoms with Crippen LogP contribution in [0.1, 0.15) is 25.7 Å². The minimum Gasteiger partial charge on any atom is -0.376 e. The zero-order chi connectivity index (χ0) is 10.7. The van der Waals surface area contributed by atoms with Crippen molar-refractivity contribution in [2.24, 2.45) is 0 Å². The summed E-state index contributed by atoms with van der Waals surface area (Å²) in [5.41, 5.74) is 0. The Balaban J connectivity index is 1.64. The van der Waals surface area contributed by atoms with Gasteiger partial charge in [-0.2, -0.15) is 0 Å². The lowest BCUT2D eigenvalue weighted by molar-refractivity contribution is -0.139. The number of ether oxygens (including phenoxy) is 1. The molecule has 84 valence electrons. The van der Waals surface area contributed by atoms with E-state index in [0.29, 0.717) is 6.54 Å². The largest absolute Gasteiger partial charge is 0.376 e. The molecule has 0 spiro atoms. The molecule has 1 saturated heterocycles. The van der Waals surface area contributed by atoms with Crippen molar-refractivity contribution >= 4 is 11.8 Å². The monoisotopic (exact) mass is 212 g/mol. The molecular weight excluding hydrogens is 196 g/mol. The summed E-state index contributed by atoms with van der Waals surface area (Å²) in [5, 5.41) is 5.22. The zero-order valence-electron chi connectivity index (χ0n) is 8.62. The average Bonchev–Trinajstić information content (AvgIpc) is 2.88. The first-order valence-electron chi connectivity index (χ1n) is 5.46. The zero-order valence-corrected chi connectivity index (χ0v) is 8.62. The van der Waals surface area contributed by atoms with Crippen LogP contribution in [0.3, 0.4) is 0 Å². The standard InChI is InChI=1S/C10H16N2O3/c13-9(10(14)12-7-3-4-7)11-6-8-2-1-5-15-8/h7-8H,1-6H2,(H,11,13)(H,12,14)/t8-/m0/s1. The van der Waals surface area contributed by atoms with Gasteiger partial charge in [0, 0.05) is 19.2 Å². The van der Waals surface area contributed by atoms with Crippen molar-refractivity contribution in [3.63, 3.8) is 0 Å². The molecule has 2 N–H and O–H groups in total. The fraction of sp³-hybridized carbons (Fsp3) is 0.800. The Morgan fingerprint density at radius 2 is 2.00 bits per heavy atom. The molecule has 1 aliphatic heterocycles. The second kappa shape index (κ2) is 4.61. The molecule has 0 bridgehead atoms. The molecule has 2 rings (SSSR count). The number of hydrogen-bond acceptors (Lipinski definition) is 3. The smallest absolute Gasteiger partial charge is 0.309 e. The van der Waals surface area contributed by atoms with Crippen molar-refractivity contribution < 1.29 is 14.3 Å². The van der Waals surface area contributed by atoms with Crippen LogP contribution >= 0.6 is 0 Å². The Hall–Kier alpha value is -1.10. The quantitative estimate of drug-likeness (QED) is 0.623. The van der Waals surface area contributed by atoms with E-state index in [4.69, 9.17) is 4.74 Å². The molecule has 2 amide bonds. The van der Waals surface area contributed by atoms with Crippen molar-refractivity contribution in [1.29, 1.82) is 0 Å². The van der Waals surface area contributed by atoms with Gasteiger partial charge in [-0.15, -0.1) is 0 Å². The molecule has 1 aliphatic carbocycles. The fourth-order valence-electron chi connectivity index (χ4n) is 1.57. The van der Waals surface area contributed by atoms with E-state index in [9.17, 15) is 9.59 Å². The maximum atomic E-state index is 11.3. The van der Waals surface area contributed by atoms with Crippen molar-refractivity contribution in [1.82, 2.24) is 10.6 Å². The Kier molecular flexibility index (Phi) is 3.20. The molecule has 2 fully saturated rings. The third kappa shape index (κ3) is 3.20. The van der Waals surface area contributed by atoms with Crippen molar-refractivity contribution in [2.45, 2.75) is 37.8 Å². The first-order valence-corrected chi connectivity index (χ1v) is 5.46. The van der Waals surface area contributed by atoms with E-state index in [1.807, 2.05) is 0 Å². The topological polar surface area (TPSA) is 67.4 Å². The number of nitrogens with one attached hydrogen (secondary N) is 2. The van der Waals surface area contributed by atoms with E-state index < -0.39 is 11.8 Å². The third-order valence-electron chi connectivity index (χ3n) is 2.63. The van der Waals surface area contributed by atoms with E-state index in [1.165, 1.54) is 0 Å². The summed E-state index contributed by atoms with van der Waals surface area (Å²) >= 11 is 0. The number of rotatable bonds is 3. The van der Waals surface area contributed by atoms with Crippen molar-refractivity contribution in [3.05, 3.63) is 0 Å². The first kappa shape index (κ1) is 10.4. The van der Waals surface area contributed by atoms with E-state index >= 15 is 0 Å². The summed E-state index contributed by atoms with van der Waals surface area (Å²) in [7, 11) is 0. The number of carbonyl (C=O) groups is 2. The highest BCUT2D eigenvalue weighted by atomic mass is 16.5. The van der Waals surface area contributed by atoms with Crippen molar-refractivity contribution in [3.8, 4) is 0 Å². The highest BCUT2D eigenvalue weighted by Crippen LogP contribution is 2.18. The van der Waals surface area contributed by atoms with Crippen LogP contribution < -0.4 is 10.6 Å². The van der Waals surface area contributed by atoms with Crippen LogP contribution in [0.5, 0.6) is 0 Å². The first-order chi connectivity index (χ1) is 7.25. The van der Waals surface area contributed by atoms with E-state index in [2.05, 4.69) is 10.6 Å². The molecule has 5 heteroatoms. The molecule has 1 heterocycles. The van der Waals surface area contributed by atoms with Gasteiger partial charge in [0.2, 0.25) is 0 Å². The molecule has 5 nitrogen and oxygen atoms in total. The summed E-state index contributed by atoms with van der Waals surface area (Å²) in [5.74, 6) is -1.06. The molecule has 1 saturated carbocycles. The number of carbonyl (C=O) groups excluding carboxylic acids is 2. The van der Waals surface area contributed by atoms with Gasteiger partial charge in [0.25, 0.3) is 0 Å². The summed E-state index contributed by atoms with van der Waals surface area (Å²) < 4.78 is 5.33. The fourth-order valence-corrected chi connectivity index (χ4v) is 1.57. The Labute approximate surface area is 88.5 Å². The van der Waals surface area contributed by atoms with Crippen LogP contribution in [-0.2, 0) is 14.3 Å². The molecule has 0 aromatic heterocycles. The molecule has 1 atom stereocenters. The maximum absolute atomic E-state index is 11.3. The van der Waals surface area contributed by atoms with E-state index in [0.717, 1.165) is 32.3 Å². The van der Waals surface area contributed by atoms with Crippen LogP contribution in [0.4, 0.5) is 0 Å². The SMILES string of the molecule is O=C(NC[C@@H]1CCCO1)C(=O)NC1CC1. The maximum Gasteiger partial charge on any atom is 0.309 e. The van der Waals surface area contributed by atoms with Gasteiger partial charge >= 0.3 is 11.8 Å². The lowest BCUT2D eigenvalue weighted by Gasteiger charge is -2.10. The van der Waals surface area contributed by atoms with Gasteiger partial charge < -0.3 is 15.4 Å². The lowest BCUT2D eigenvalue weighted by Crippen LogP contribution is -2.43. The number of hydrogen-bond donors (Lipinski definition) is 2. The summed E-state index contributed by atoms with van der Waals surface area (Å²) in [6.07, 6.45) is 4.07. The van der Waals surface area contributed by atoms with Gasteiger partial charge in [0.15, 0.2) is 0 Å². The van der Waals surface area contributed by atoms with Gasteiger partial charge in [0.1, 0.15) is 0 Å². The minimum absolute atomic E-state index is 0.0858. The predicted octanol–water partition coefficient (Wildman–Crippen LogP) is -0.440. The van der Waals surface area contributed by atoms with Crippen LogP contribution in [0, 0.1) is 0 Å². The molecule has 0 unspecified atom stereocenters. The van der Waals surface area contributed by atoms with Gasteiger partial charge in [0.05, 0.1) is 6.10 Å². The van der Waals surface area contributed by atoms with Gasteiger partial charge in [-0.25, -0.2) is 0 Å². The van der Waals surface area contributed by atoms with Crippen molar-refractivity contribution in [2.75, 3.05) is 13.2 Å². The van der Waals surface area contributed by atoms with E-state index in [-0.39, 0.29) is 12.1 Å². The van der Waals surface area contributed by atoms with Crippen LogP contribution in [0.25, 0.3) is 0 Å². The van der Waals surface area contributed by atoms with Gasteiger partial charge in [-0.05, 0) is 25.7 Å². The summed E-state index contributed by atoms with van der Waals surface area (Å²) in [6.45, 7) is 1.20. The molecule has 2 aliphatic rings. The Bertz CT molecular complexity index is 257. The Morgan fingerprint density at radius 1 is 1.20 bits per heavy atom.